The summed E-state index contributed by atoms with van der Waals surface area (Å²) >= 11 is 1.24. The first-order chi connectivity index (χ1) is 24.6. The fourth-order valence-electron chi connectivity index (χ4n) is 6.19. The lowest BCUT2D eigenvalue weighted by molar-refractivity contribution is -0.218. The average Bonchev–Trinajstić information content (AvgIpc) is 3.60. The lowest BCUT2D eigenvalue weighted by Crippen LogP contribution is -2.76. The minimum Gasteiger partial charge on any atom is -0.486 e. The molecule has 2 amide bonds. The van der Waals surface area contributed by atoms with E-state index in [1.54, 1.807) is 19.4 Å². The Morgan fingerprint density at radius 2 is 1.92 bits per heavy atom. The Morgan fingerprint density at radius 3 is 2.52 bits per heavy atom. The van der Waals surface area contributed by atoms with Gasteiger partial charge in [-0.1, -0.05) is 5.16 Å². The van der Waals surface area contributed by atoms with Crippen LogP contribution in [0.2, 0.25) is 0 Å². The van der Waals surface area contributed by atoms with Gasteiger partial charge < -0.3 is 36.8 Å². The zero-order chi connectivity index (χ0) is 38.2. The number of nitrogens with zero attached hydrogens (tertiary/aromatic N) is 4. The van der Waals surface area contributed by atoms with Gasteiger partial charge in [0.15, 0.2) is 16.9 Å². The van der Waals surface area contributed by atoms with Crippen molar-refractivity contribution in [1.82, 2.24) is 15.4 Å². The minimum absolute atomic E-state index is 0.194. The number of thiazole rings is 1. The number of benzene rings is 1. The Bertz CT molecular complexity index is 1760. The van der Waals surface area contributed by atoms with Gasteiger partial charge in [-0.05, 0) is 101 Å². The number of carbonyl (C=O) groups is 3. The van der Waals surface area contributed by atoms with Gasteiger partial charge in [0.05, 0.1) is 5.54 Å². The number of nitrogens with one attached hydrogen (secondary N) is 2. The molecule has 1 saturated carbocycles. The minimum atomic E-state index is -4.95. The second-order valence-corrected chi connectivity index (χ2v) is 15.1. The number of β-lactam (4-membered cyclic amide) rings is 1. The Hall–Kier alpha value is -4.37. The van der Waals surface area contributed by atoms with Gasteiger partial charge in [-0.2, -0.15) is 13.5 Å². The van der Waals surface area contributed by atoms with E-state index < -0.39 is 39.9 Å². The number of aliphatic imine (C=N–C) groups is 1. The molecule has 2 aliphatic heterocycles. The maximum Gasteiger partial charge on any atom is 0.418 e. The summed E-state index contributed by atoms with van der Waals surface area (Å²) in [7, 11) is -3.28. The summed E-state index contributed by atoms with van der Waals surface area (Å²) in [4.78, 5) is 49.3. The zero-order valence-electron chi connectivity index (χ0n) is 29.4. The number of carboxylic acid groups (broad SMARTS) is 1. The van der Waals surface area contributed by atoms with E-state index >= 15 is 0 Å². The largest absolute Gasteiger partial charge is 0.486 e. The number of ether oxygens (including phenoxy) is 1. The fourth-order valence-corrected chi connectivity index (χ4v) is 7.30. The van der Waals surface area contributed by atoms with Crippen molar-refractivity contribution in [2.24, 2.45) is 33.5 Å². The topological polar surface area (TPSA) is 270 Å². The molecule has 18 nitrogen and oxygen atoms in total. The number of fused-ring (bicyclic) bond motifs is 1. The van der Waals surface area contributed by atoms with Gasteiger partial charge in [0.2, 0.25) is 0 Å². The van der Waals surface area contributed by atoms with Crippen molar-refractivity contribution in [3.8, 4) is 5.75 Å². The second kappa shape index (κ2) is 17.4. The second-order valence-electron chi connectivity index (χ2n) is 13.2. The quantitative estimate of drug-likeness (QED) is 0.0423. The molecule has 5 rings (SSSR count). The van der Waals surface area contributed by atoms with Crippen LogP contribution in [0.15, 0.2) is 33.7 Å². The highest BCUT2D eigenvalue weighted by Crippen LogP contribution is 2.34. The van der Waals surface area contributed by atoms with E-state index in [0.29, 0.717) is 53.0 Å². The first kappa shape index (κ1) is 40.4. The van der Waals surface area contributed by atoms with E-state index in [1.165, 1.54) is 25.2 Å². The highest BCUT2D eigenvalue weighted by molar-refractivity contribution is 7.80. The molecule has 0 radical (unpaired) electrons. The van der Waals surface area contributed by atoms with Crippen LogP contribution >= 0.6 is 11.3 Å². The SMILES string of the molecule is CNc1nc(/C(=N/OC(C)C2CCc3cc(C(N)=NCC4CCC(CN)CC4)ccc3O2)C(=O)NC2C(=O)N(OS(=O)(=O)O)C2(C)C)cs1.O=CO. The number of hydrogen-bond donors (Lipinski definition) is 6. The number of anilines is 1. The smallest absolute Gasteiger partial charge is 0.418 e. The molecule has 3 heterocycles. The van der Waals surface area contributed by atoms with Crippen LogP contribution in [0.25, 0.3) is 0 Å². The van der Waals surface area contributed by atoms with Crippen LogP contribution in [-0.4, -0.2) is 102 Å². The van der Waals surface area contributed by atoms with Gasteiger partial charge in [0.1, 0.15) is 29.4 Å². The molecule has 3 unspecified atom stereocenters. The Kier molecular flexibility index (Phi) is 13.5. The number of rotatable bonds is 13. The molecule has 2 aromatic rings. The van der Waals surface area contributed by atoms with E-state index in [9.17, 15) is 18.0 Å². The summed E-state index contributed by atoms with van der Waals surface area (Å²) in [5.41, 5.74) is 12.7. The highest BCUT2D eigenvalue weighted by Gasteiger charge is 2.58. The van der Waals surface area contributed by atoms with E-state index in [0.717, 1.165) is 43.4 Å². The van der Waals surface area contributed by atoms with E-state index in [1.807, 2.05) is 18.2 Å². The summed E-state index contributed by atoms with van der Waals surface area (Å²) in [6, 6.07) is 4.59. The summed E-state index contributed by atoms with van der Waals surface area (Å²) < 4.78 is 42.0. The summed E-state index contributed by atoms with van der Waals surface area (Å²) in [5.74, 6) is 0.697. The number of nitrogens with two attached hydrogens (primary N) is 2. The van der Waals surface area contributed by atoms with E-state index in [2.05, 4.69) is 30.0 Å². The number of aromatic nitrogens is 1. The molecule has 2 fully saturated rings. The fraction of sp³-hybridized carbons (Fsp3) is 0.562. The van der Waals surface area contributed by atoms with Crippen LogP contribution in [0.5, 0.6) is 5.75 Å². The number of hydroxylamine groups is 2. The molecule has 3 aliphatic rings. The molecule has 0 bridgehead atoms. The van der Waals surface area contributed by atoms with Gasteiger partial charge >= 0.3 is 10.4 Å². The maximum absolute atomic E-state index is 13.5. The molecule has 1 saturated heterocycles. The average molecular weight is 767 g/mol. The van der Waals surface area contributed by atoms with Crippen molar-refractivity contribution in [2.45, 2.75) is 83.1 Å². The van der Waals surface area contributed by atoms with Gasteiger partial charge in [0, 0.05) is 24.5 Å². The number of amidine groups is 1. The zero-order valence-corrected chi connectivity index (χ0v) is 31.0. The first-order valence-electron chi connectivity index (χ1n) is 16.7. The third-order valence-electron chi connectivity index (χ3n) is 9.28. The third-order valence-corrected chi connectivity index (χ3v) is 10.5. The molecule has 52 heavy (non-hydrogen) atoms. The molecule has 286 valence electrons. The van der Waals surface area contributed by atoms with Crippen LogP contribution < -0.4 is 26.8 Å². The number of hydrogen-bond acceptors (Lipinski definition) is 14. The predicted molar refractivity (Wildman–Crippen MR) is 192 cm³/mol. The van der Waals surface area contributed by atoms with Crippen LogP contribution in [-0.2, 0) is 40.3 Å². The Balaban J connectivity index is 0.00000195. The van der Waals surface area contributed by atoms with Gasteiger partial charge in [-0.25, -0.2) is 4.98 Å². The lowest BCUT2D eigenvalue weighted by atomic mass is 9.82. The molecular weight excluding hydrogens is 721 g/mol. The van der Waals surface area contributed by atoms with Crippen molar-refractivity contribution in [1.29, 1.82) is 0 Å². The number of carbonyl (C=O) groups excluding carboxylic acids is 2. The molecule has 20 heteroatoms. The van der Waals surface area contributed by atoms with Gasteiger partial charge in [-0.15, -0.1) is 15.6 Å². The van der Waals surface area contributed by atoms with Crippen LogP contribution in [0.3, 0.4) is 0 Å². The third kappa shape index (κ3) is 9.94. The molecule has 0 spiro atoms. The van der Waals surface area contributed by atoms with Crippen molar-refractivity contribution in [3.05, 3.63) is 40.4 Å². The highest BCUT2D eigenvalue weighted by atomic mass is 32.3. The summed E-state index contributed by atoms with van der Waals surface area (Å²) in [6.45, 7) is 5.90. The van der Waals surface area contributed by atoms with Crippen LogP contribution in [0.1, 0.15) is 69.7 Å². The van der Waals surface area contributed by atoms with Crippen molar-refractivity contribution < 1.29 is 46.3 Å². The van der Waals surface area contributed by atoms with Crippen LogP contribution in [0, 0.1) is 11.8 Å². The summed E-state index contributed by atoms with van der Waals surface area (Å²) in [6.07, 6.45) is 4.90. The maximum atomic E-state index is 13.5. The molecule has 1 aromatic carbocycles. The van der Waals surface area contributed by atoms with Crippen molar-refractivity contribution >= 4 is 56.7 Å². The normalized spacial score (nSPS) is 23.5. The van der Waals surface area contributed by atoms with Crippen LogP contribution in [0.4, 0.5) is 5.13 Å². The molecule has 3 atom stereocenters. The molecule has 1 aromatic heterocycles. The van der Waals surface area contributed by atoms with Crippen molar-refractivity contribution in [2.75, 3.05) is 25.5 Å². The number of oxime groups is 1. The van der Waals surface area contributed by atoms with Crippen molar-refractivity contribution in [3.63, 3.8) is 0 Å². The molecule has 1 aliphatic carbocycles. The monoisotopic (exact) mass is 766 g/mol. The lowest BCUT2D eigenvalue weighted by Gasteiger charge is -2.50. The van der Waals surface area contributed by atoms with Gasteiger partial charge in [-0.3, -0.25) is 23.9 Å². The Labute approximate surface area is 305 Å². The molecule has 8 N–H and O–H groups in total. The first-order valence-corrected chi connectivity index (χ1v) is 18.9. The summed E-state index contributed by atoms with van der Waals surface area (Å²) in [5, 5.41) is 19.1. The van der Waals surface area contributed by atoms with E-state index in [4.69, 9.17) is 35.5 Å². The molecular formula is C32H46N8O10S2. The number of amides is 2. The Morgan fingerprint density at radius 1 is 1.25 bits per heavy atom. The predicted octanol–water partition coefficient (Wildman–Crippen LogP) is 1.70. The standard InChI is InChI=1S/C31H44N8O8S2.CH2O2/c1-17(23-11-9-20-13-21(10-12-24(20)45-23)27(33)35-15-19-7-5-18(14-32)6-8-19)46-38-25(22-16-48-30(34-4)36-22)28(40)37-26-29(41)39(31(26,2)3)47-49(42,43)44;2-1-3/h10,12-13,16-19,23,26H,5-9,11,14-15,32H2,1-4H3,(H2,33,35)(H,34,36)(H,37,40)(H,42,43,44);1H,(H,2,3)/b38-25-;. The van der Waals surface area contributed by atoms with Gasteiger partial charge in [0.25, 0.3) is 18.3 Å². The number of aryl methyl sites for hydroxylation is 1. The van der Waals surface area contributed by atoms with E-state index in [-0.39, 0.29) is 24.0 Å².